The molecule has 0 aliphatic carbocycles. The van der Waals surface area contributed by atoms with Crippen LogP contribution < -0.4 is 9.91 Å². The standard InChI is InChI=1S/C26H19ClN4O5S2/c27-23-24(33)30(25-28-20-9-2-4-11-22(20)37-25)26(23)15-17(13-12-16-6-1-3-10-21(16)32)29-31(26)18-7-5-8-19(14-18)38(34,35)36/h1-14,23,32H,15H2,(H,34,35,36)/b13-12+. The molecule has 2 unspecified atom stereocenters. The molecule has 3 heterocycles. The number of hydrogen-bond donors (Lipinski definition) is 2. The number of para-hydroxylation sites is 2. The molecule has 1 fully saturated rings. The fourth-order valence-electron chi connectivity index (χ4n) is 4.69. The Morgan fingerprint density at radius 1 is 1.05 bits per heavy atom. The van der Waals surface area contributed by atoms with Crippen molar-refractivity contribution in [3.63, 3.8) is 0 Å². The van der Waals surface area contributed by atoms with Crippen LogP contribution in [-0.4, -0.2) is 45.7 Å². The van der Waals surface area contributed by atoms with Crippen molar-refractivity contribution in [2.45, 2.75) is 22.4 Å². The lowest BCUT2D eigenvalue weighted by Gasteiger charge is -2.55. The van der Waals surface area contributed by atoms with E-state index in [4.69, 9.17) is 16.7 Å². The molecule has 0 bridgehead atoms. The molecule has 2 aliphatic rings. The van der Waals surface area contributed by atoms with E-state index in [2.05, 4.69) is 4.98 Å². The number of hydrogen-bond acceptors (Lipinski definition) is 8. The van der Waals surface area contributed by atoms with Gasteiger partial charge >= 0.3 is 0 Å². The first-order chi connectivity index (χ1) is 18.2. The molecule has 1 aromatic heterocycles. The smallest absolute Gasteiger partial charge is 0.294 e. The maximum Gasteiger partial charge on any atom is 0.294 e. The fraction of sp³-hybridized carbons (Fsp3) is 0.115. The van der Waals surface area contributed by atoms with E-state index in [-0.39, 0.29) is 23.0 Å². The molecule has 2 aliphatic heterocycles. The van der Waals surface area contributed by atoms with Crippen LogP contribution in [0.1, 0.15) is 12.0 Å². The lowest BCUT2D eigenvalue weighted by Crippen LogP contribution is -2.78. The predicted molar refractivity (Wildman–Crippen MR) is 147 cm³/mol. The second-order valence-electron chi connectivity index (χ2n) is 8.82. The zero-order chi connectivity index (χ0) is 26.7. The summed E-state index contributed by atoms with van der Waals surface area (Å²) < 4.78 is 34.3. The lowest BCUT2D eigenvalue weighted by atomic mass is 9.87. The van der Waals surface area contributed by atoms with Gasteiger partial charge in [0.2, 0.25) is 0 Å². The van der Waals surface area contributed by atoms with E-state index in [9.17, 15) is 22.9 Å². The molecule has 3 aromatic carbocycles. The predicted octanol–water partition coefficient (Wildman–Crippen LogP) is 4.88. The third-order valence-electron chi connectivity index (χ3n) is 6.49. The van der Waals surface area contributed by atoms with Gasteiger partial charge in [-0.05, 0) is 48.6 Å². The Hall–Kier alpha value is -3.77. The number of phenolic OH excluding ortho intramolecular Hbond substituents is 1. The zero-order valence-corrected chi connectivity index (χ0v) is 21.9. The highest BCUT2D eigenvalue weighted by atomic mass is 35.5. The minimum absolute atomic E-state index is 0.0971. The number of anilines is 2. The van der Waals surface area contributed by atoms with Gasteiger partial charge in [0.05, 0.1) is 26.5 Å². The number of fused-ring (bicyclic) bond motifs is 1. The highest BCUT2D eigenvalue weighted by Gasteiger charge is 2.67. The lowest BCUT2D eigenvalue weighted by molar-refractivity contribution is -0.126. The van der Waals surface area contributed by atoms with Crippen molar-refractivity contribution in [1.82, 2.24) is 4.98 Å². The Morgan fingerprint density at radius 3 is 2.58 bits per heavy atom. The maximum atomic E-state index is 13.2. The Morgan fingerprint density at radius 2 is 1.82 bits per heavy atom. The van der Waals surface area contributed by atoms with Gasteiger partial charge in [-0.25, -0.2) is 9.99 Å². The fourth-order valence-corrected chi connectivity index (χ4v) is 6.62. The van der Waals surface area contributed by atoms with E-state index in [1.807, 2.05) is 24.3 Å². The maximum absolute atomic E-state index is 13.2. The SMILES string of the molecule is O=C1C(Cl)C2(CC(/C=C/c3ccccc3O)=NN2c2cccc(S(=O)(=O)O)c2)N1c1nc2ccccc2s1. The van der Waals surface area contributed by atoms with Crippen molar-refractivity contribution in [3.05, 3.63) is 84.4 Å². The summed E-state index contributed by atoms with van der Waals surface area (Å²) in [5.74, 6) is -0.261. The first-order valence-electron chi connectivity index (χ1n) is 11.4. The molecule has 0 saturated carbocycles. The van der Waals surface area contributed by atoms with Gasteiger partial charge in [0, 0.05) is 12.0 Å². The number of amides is 1. The molecule has 9 nitrogen and oxygen atoms in total. The second kappa shape index (κ2) is 8.91. The first kappa shape index (κ1) is 24.6. The third-order valence-corrected chi connectivity index (χ3v) is 8.90. The molecule has 2 atom stereocenters. The number of carbonyl (C=O) groups excluding carboxylic acids is 1. The average Bonchev–Trinajstić information content (AvgIpc) is 3.51. The summed E-state index contributed by atoms with van der Waals surface area (Å²) in [6.45, 7) is 0. The molecule has 192 valence electrons. The number of β-lactam (4-membered cyclic amide) rings is 1. The zero-order valence-electron chi connectivity index (χ0n) is 19.5. The third kappa shape index (κ3) is 3.86. The van der Waals surface area contributed by atoms with E-state index in [0.717, 1.165) is 10.2 Å². The number of hydrazone groups is 1. The summed E-state index contributed by atoms with van der Waals surface area (Å²) >= 11 is 8.06. The van der Waals surface area contributed by atoms with Gasteiger partial charge < -0.3 is 5.11 Å². The van der Waals surface area contributed by atoms with Crippen LogP contribution in [-0.2, 0) is 14.9 Å². The minimum Gasteiger partial charge on any atom is -0.507 e. The molecular formula is C26H19ClN4O5S2. The van der Waals surface area contributed by atoms with Crippen molar-refractivity contribution < 1.29 is 22.9 Å². The van der Waals surface area contributed by atoms with Crippen LogP contribution in [0.4, 0.5) is 10.8 Å². The molecule has 6 rings (SSSR count). The topological polar surface area (TPSA) is 123 Å². The summed E-state index contributed by atoms with van der Waals surface area (Å²) in [6.07, 6.45) is 3.61. The number of thiazole rings is 1. The Labute approximate surface area is 226 Å². The molecule has 4 aromatic rings. The number of alkyl halides is 1. The van der Waals surface area contributed by atoms with Crippen LogP contribution >= 0.6 is 22.9 Å². The van der Waals surface area contributed by atoms with Gasteiger partial charge in [-0.3, -0.25) is 14.2 Å². The van der Waals surface area contributed by atoms with E-state index >= 15 is 0 Å². The number of rotatable bonds is 5. The van der Waals surface area contributed by atoms with Crippen LogP contribution in [0.3, 0.4) is 0 Å². The molecule has 38 heavy (non-hydrogen) atoms. The van der Waals surface area contributed by atoms with Crippen LogP contribution in [0.25, 0.3) is 16.3 Å². The van der Waals surface area contributed by atoms with Crippen LogP contribution in [0.15, 0.2) is 88.9 Å². The average molecular weight is 567 g/mol. The highest BCUT2D eigenvalue weighted by Crippen LogP contribution is 2.51. The van der Waals surface area contributed by atoms with Crippen molar-refractivity contribution in [2.75, 3.05) is 9.91 Å². The molecular weight excluding hydrogens is 548 g/mol. The van der Waals surface area contributed by atoms with E-state index < -0.39 is 21.2 Å². The van der Waals surface area contributed by atoms with Crippen molar-refractivity contribution in [3.8, 4) is 5.75 Å². The number of carbonyl (C=O) groups is 1. The number of aromatic nitrogens is 1. The van der Waals surface area contributed by atoms with Gasteiger partial charge in [0.1, 0.15) is 5.75 Å². The van der Waals surface area contributed by atoms with Crippen molar-refractivity contribution in [1.29, 1.82) is 0 Å². The monoisotopic (exact) mass is 566 g/mol. The summed E-state index contributed by atoms with van der Waals surface area (Å²) in [6, 6.07) is 20.0. The van der Waals surface area contributed by atoms with Gasteiger partial charge in [0.25, 0.3) is 16.0 Å². The Balaban J connectivity index is 1.48. The number of nitrogens with zero attached hydrogens (tertiary/aromatic N) is 4. The Kier molecular flexibility index (Phi) is 5.76. The number of phenols is 1. The van der Waals surface area contributed by atoms with E-state index in [0.29, 0.717) is 22.1 Å². The molecule has 12 heteroatoms. The Bertz CT molecular complexity index is 1740. The molecule has 2 N–H and O–H groups in total. The van der Waals surface area contributed by atoms with E-state index in [1.54, 1.807) is 42.5 Å². The number of aromatic hydroxyl groups is 1. The number of halogens is 1. The van der Waals surface area contributed by atoms with Gasteiger partial charge in [-0.1, -0.05) is 47.7 Å². The van der Waals surface area contributed by atoms with Gasteiger partial charge in [0.15, 0.2) is 16.2 Å². The molecule has 1 amide bonds. The first-order valence-corrected chi connectivity index (χ1v) is 14.1. The van der Waals surface area contributed by atoms with Crippen LogP contribution in [0, 0.1) is 0 Å². The molecule has 1 saturated heterocycles. The summed E-state index contributed by atoms with van der Waals surface area (Å²) in [5, 5.41) is 15.8. The van der Waals surface area contributed by atoms with Crippen molar-refractivity contribution >= 4 is 71.8 Å². The van der Waals surface area contributed by atoms with Crippen LogP contribution in [0.2, 0.25) is 0 Å². The minimum atomic E-state index is -4.49. The molecule has 0 radical (unpaired) electrons. The molecule has 1 spiro atoms. The number of benzene rings is 3. The van der Waals surface area contributed by atoms with Gasteiger partial charge in [-0.15, -0.1) is 11.6 Å². The van der Waals surface area contributed by atoms with Crippen LogP contribution in [0.5, 0.6) is 5.75 Å². The van der Waals surface area contributed by atoms with Crippen molar-refractivity contribution in [2.24, 2.45) is 5.10 Å². The highest BCUT2D eigenvalue weighted by molar-refractivity contribution is 7.85. The quantitative estimate of drug-likeness (QED) is 0.200. The summed E-state index contributed by atoms with van der Waals surface area (Å²) in [4.78, 5) is 19.1. The van der Waals surface area contributed by atoms with E-state index in [1.165, 1.54) is 39.4 Å². The van der Waals surface area contributed by atoms with Gasteiger partial charge in [-0.2, -0.15) is 13.5 Å². The summed E-state index contributed by atoms with van der Waals surface area (Å²) in [7, 11) is -4.49. The normalized spacial score (nSPS) is 21.5. The second-order valence-corrected chi connectivity index (χ2v) is 11.7. The largest absolute Gasteiger partial charge is 0.507 e. The number of allylic oxidation sites excluding steroid dienone is 1. The summed E-state index contributed by atoms with van der Waals surface area (Å²) in [5.41, 5.74) is 0.936.